The summed E-state index contributed by atoms with van der Waals surface area (Å²) >= 11 is 0. The van der Waals surface area contributed by atoms with Crippen LogP contribution < -0.4 is 15.2 Å². The van der Waals surface area contributed by atoms with Crippen LogP contribution in [0.15, 0.2) is 18.2 Å². The van der Waals surface area contributed by atoms with Crippen LogP contribution in [0.3, 0.4) is 0 Å². The number of nitrogens with two attached hydrogens (primary N) is 1. The van der Waals surface area contributed by atoms with Gasteiger partial charge in [-0.1, -0.05) is 6.07 Å². The highest BCUT2D eigenvalue weighted by Crippen LogP contribution is 2.31. The van der Waals surface area contributed by atoms with Crippen molar-refractivity contribution in [2.45, 2.75) is 19.3 Å². The van der Waals surface area contributed by atoms with Crippen LogP contribution in [0.25, 0.3) is 0 Å². The third kappa shape index (κ3) is 3.86. The Kier molecular flexibility index (Phi) is 4.63. The number of hydrogen-bond acceptors (Lipinski definition) is 4. The van der Waals surface area contributed by atoms with E-state index in [9.17, 15) is 4.79 Å². The van der Waals surface area contributed by atoms with E-state index in [1.54, 1.807) is 0 Å². The third-order valence-electron chi connectivity index (χ3n) is 3.23. The highest BCUT2D eigenvalue weighted by atomic mass is 16.6. The predicted molar refractivity (Wildman–Crippen MR) is 70.6 cm³/mol. The fraction of sp³-hybridized carbons (Fsp3) is 0.500. The van der Waals surface area contributed by atoms with Crippen molar-refractivity contribution in [2.75, 3.05) is 19.8 Å². The average molecular weight is 265 g/mol. The quantitative estimate of drug-likeness (QED) is 0.813. The highest BCUT2D eigenvalue weighted by Gasteiger charge is 2.14. The number of benzene rings is 1. The molecule has 2 rings (SSSR count). The van der Waals surface area contributed by atoms with E-state index in [1.165, 1.54) is 0 Å². The van der Waals surface area contributed by atoms with E-state index in [1.807, 2.05) is 18.2 Å². The molecule has 1 aromatic carbocycles. The van der Waals surface area contributed by atoms with E-state index < -0.39 is 5.97 Å². The zero-order valence-electron chi connectivity index (χ0n) is 10.8. The van der Waals surface area contributed by atoms with Crippen molar-refractivity contribution in [3.63, 3.8) is 0 Å². The summed E-state index contributed by atoms with van der Waals surface area (Å²) in [5.41, 5.74) is 6.80. The number of aliphatic carboxylic acids is 1. The normalized spacial score (nSPS) is 15.0. The molecule has 0 fully saturated rings. The molecule has 0 aliphatic carbocycles. The topological polar surface area (TPSA) is 81.8 Å². The summed E-state index contributed by atoms with van der Waals surface area (Å²) in [6.45, 7) is 1.63. The van der Waals surface area contributed by atoms with Crippen LogP contribution in [-0.4, -0.2) is 30.8 Å². The number of fused-ring (bicyclic) bond motifs is 1. The fourth-order valence-electron chi connectivity index (χ4n) is 2.18. The van der Waals surface area contributed by atoms with E-state index >= 15 is 0 Å². The minimum Gasteiger partial charge on any atom is -0.486 e. The minimum absolute atomic E-state index is 0.159. The zero-order valence-corrected chi connectivity index (χ0v) is 10.8. The standard InChI is InChI=1S/C14H19NO4/c15-9-11(2-4-14(16)17)7-10-1-3-12-13(8-10)19-6-5-18-12/h1,3,8,11H,2,4-7,9,15H2,(H,16,17). The summed E-state index contributed by atoms with van der Waals surface area (Å²) in [7, 11) is 0. The van der Waals surface area contributed by atoms with Gasteiger partial charge >= 0.3 is 5.97 Å². The Morgan fingerprint density at radius 3 is 2.74 bits per heavy atom. The number of carboxylic acid groups (broad SMARTS) is 1. The van der Waals surface area contributed by atoms with Gasteiger partial charge in [-0.2, -0.15) is 0 Å². The molecule has 0 spiro atoms. The Labute approximate surface area is 112 Å². The molecule has 0 amide bonds. The molecule has 1 unspecified atom stereocenters. The molecule has 104 valence electrons. The van der Waals surface area contributed by atoms with Gasteiger partial charge in [-0.25, -0.2) is 0 Å². The summed E-state index contributed by atoms with van der Waals surface area (Å²) < 4.78 is 11.0. The molecule has 0 saturated carbocycles. The lowest BCUT2D eigenvalue weighted by molar-refractivity contribution is -0.137. The van der Waals surface area contributed by atoms with E-state index in [0.717, 1.165) is 23.5 Å². The predicted octanol–water partition coefficient (Wildman–Crippen LogP) is 1.44. The Morgan fingerprint density at radius 2 is 2.05 bits per heavy atom. The van der Waals surface area contributed by atoms with Gasteiger partial charge in [0.05, 0.1) is 0 Å². The maximum atomic E-state index is 10.6. The van der Waals surface area contributed by atoms with E-state index in [4.69, 9.17) is 20.3 Å². The summed E-state index contributed by atoms with van der Waals surface area (Å²) in [4.78, 5) is 10.6. The smallest absolute Gasteiger partial charge is 0.303 e. The van der Waals surface area contributed by atoms with Crippen LogP contribution in [0.5, 0.6) is 11.5 Å². The molecular weight excluding hydrogens is 246 g/mol. The molecule has 0 radical (unpaired) electrons. The second-order valence-corrected chi connectivity index (χ2v) is 4.72. The second kappa shape index (κ2) is 6.43. The molecule has 1 heterocycles. The first kappa shape index (κ1) is 13.7. The lowest BCUT2D eigenvalue weighted by Gasteiger charge is -2.20. The summed E-state index contributed by atoms with van der Waals surface area (Å²) in [5.74, 6) is 0.932. The van der Waals surface area contributed by atoms with Crippen molar-refractivity contribution >= 4 is 5.97 Å². The van der Waals surface area contributed by atoms with Crippen molar-refractivity contribution in [3.8, 4) is 11.5 Å². The molecule has 1 aliphatic heterocycles. The van der Waals surface area contributed by atoms with Crippen molar-refractivity contribution in [2.24, 2.45) is 11.7 Å². The van der Waals surface area contributed by atoms with Crippen LogP contribution in [0.4, 0.5) is 0 Å². The van der Waals surface area contributed by atoms with E-state index in [2.05, 4.69) is 0 Å². The number of hydrogen-bond donors (Lipinski definition) is 2. The molecule has 3 N–H and O–H groups in total. The van der Waals surface area contributed by atoms with Gasteiger partial charge in [0, 0.05) is 6.42 Å². The van der Waals surface area contributed by atoms with Crippen molar-refractivity contribution in [3.05, 3.63) is 23.8 Å². The Balaban J connectivity index is 1.99. The van der Waals surface area contributed by atoms with Gasteiger partial charge in [0.1, 0.15) is 13.2 Å². The largest absolute Gasteiger partial charge is 0.486 e. The fourth-order valence-corrected chi connectivity index (χ4v) is 2.18. The first-order chi connectivity index (χ1) is 9.19. The summed E-state index contributed by atoms with van der Waals surface area (Å²) in [5, 5.41) is 8.70. The van der Waals surface area contributed by atoms with Crippen LogP contribution in [0.2, 0.25) is 0 Å². The Morgan fingerprint density at radius 1 is 1.32 bits per heavy atom. The molecule has 1 atom stereocenters. The molecule has 0 saturated heterocycles. The van der Waals surface area contributed by atoms with Gasteiger partial charge in [-0.15, -0.1) is 0 Å². The molecular formula is C14H19NO4. The molecule has 1 aliphatic rings. The van der Waals surface area contributed by atoms with Crippen LogP contribution in [0.1, 0.15) is 18.4 Å². The Bertz CT molecular complexity index is 447. The third-order valence-corrected chi connectivity index (χ3v) is 3.23. The van der Waals surface area contributed by atoms with Crippen LogP contribution >= 0.6 is 0 Å². The van der Waals surface area contributed by atoms with E-state index in [0.29, 0.717) is 26.2 Å². The van der Waals surface area contributed by atoms with Gasteiger partial charge in [0.15, 0.2) is 11.5 Å². The molecule has 0 aromatic heterocycles. The molecule has 5 nitrogen and oxygen atoms in total. The van der Waals surface area contributed by atoms with Crippen molar-refractivity contribution in [1.29, 1.82) is 0 Å². The van der Waals surface area contributed by atoms with Gasteiger partial charge < -0.3 is 20.3 Å². The second-order valence-electron chi connectivity index (χ2n) is 4.72. The van der Waals surface area contributed by atoms with E-state index in [-0.39, 0.29) is 12.3 Å². The summed E-state index contributed by atoms with van der Waals surface area (Å²) in [6, 6.07) is 5.84. The zero-order chi connectivity index (χ0) is 13.7. The minimum atomic E-state index is -0.777. The van der Waals surface area contributed by atoms with Gasteiger partial charge in [0.2, 0.25) is 0 Å². The van der Waals surface area contributed by atoms with Crippen LogP contribution in [0, 0.1) is 5.92 Å². The first-order valence-electron chi connectivity index (χ1n) is 6.49. The molecule has 5 heteroatoms. The maximum absolute atomic E-state index is 10.6. The Hall–Kier alpha value is -1.75. The molecule has 1 aromatic rings. The summed E-state index contributed by atoms with van der Waals surface area (Å²) in [6.07, 6.45) is 1.52. The van der Waals surface area contributed by atoms with Gasteiger partial charge in [-0.3, -0.25) is 4.79 Å². The van der Waals surface area contributed by atoms with Gasteiger partial charge in [-0.05, 0) is 43.0 Å². The SMILES string of the molecule is NCC(CCC(=O)O)Cc1ccc2c(c1)OCCO2. The van der Waals surface area contributed by atoms with Gasteiger partial charge in [0.25, 0.3) is 0 Å². The number of ether oxygens (including phenoxy) is 2. The highest BCUT2D eigenvalue weighted by molar-refractivity contribution is 5.66. The number of carboxylic acids is 1. The number of carbonyl (C=O) groups is 1. The van der Waals surface area contributed by atoms with Crippen molar-refractivity contribution in [1.82, 2.24) is 0 Å². The first-order valence-corrected chi connectivity index (χ1v) is 6.49. The monoisotopic (exact) mass is 265 g/mol. The average Bonchev–Trinajstić information content (AvgIpc) is 2.43. The van der Waals surface area contributed by atoms with Crippen molar-refractivity contribution < 1.29 is 19.4 Å². The maximum Gasteiger partial charge on any atom is 0.303 e. The lowest BCUT2D eigenvalue weighted by Crippen LogP contribution is -2.19. The van der Waals surface area contributed by atoms with Crippen LogP contribution in [-0.2, 0) is 11.2 Å². The molecule has 0 bridgehead atoms. The lowest BCUT2D eigenvalue weighted by atomic mass is 9.94. The molecule has 19 heavy (non-hydrogen) atoms. The number of rotatable bonds is 6.